The molecule has 0 aliphatic carbocycles. The Kier molecular flexibility index (Phi) is 5.24. The minimum atomic E-state index is -0.0859. The van der Waals surface area contributed by atoms with Gasteiger partial charge in [-0.2, -0.15) is 0 Å². The third-order valence-corrected chi connectivity index (χ3v) is 2.43. The van der Waals surface area contributed by atoms with Crippen LogP contribution in [-0.4, -0.2) is 19.0 Å². The number of nitrogen functional groups attached to an aromatic ring is 1. The standard InChI is InChI=1S/C14H21N3O/c1-4-16-14(18)12-6-5-11(15)9-13(12)17-8-7-10(2)3/h5-7,9,17H,4,8,15H2,1-3H3,(H,16,18). The van der Waals surface area contributed by atoms with E-state index in [0.29, 0.717) is 24.3 Å². The molecule has 98 valence electrons. The first-order valence-electron chi connectivity index (χ1n) is 6.09. The molecule has 0 saturated heterocycles. The molecule has 0 aromatic heterocycles. The van der Waals surface area contributed by atoms with Crippen molar-refractivity contribution in [2.45, 2.75) is 20.8 Å². The van der Waals surface area contributed by atoms with E-state index in [1.807, 2.05) is 20.8 Å². The number of benzene rings is 1. The summed E-state index contributed by atoms with van der Waals surface area (Å²) in [6.45, 7) is 7.25. The zero-order chi connectivity index (χ0) is 13.5. The van der Waals surface area contributed by atoms with Gasteiger partial charge in [0.05, 0.1) is 5.56 Å². The van der Waals surface area contributed by atoms with Crippen LogP contribution in [0.2, 0.25) is 0 Å². The summed E-state index contributed by atoms with van der Waals surface area (Å²) < 4.78 is 0. The Hall–Kier alpha value is -1.97. The van der Waals surface area contributed by atoms with Gasteiger partial charge in [0.2, 0.25) is 0 Å². The first kappa shape index (κ1) is 14.1. The summed E-state index contributed by atoms with van der Waals surface area (Å²) in [5.41, 5.74) is 9.00. The molecule has 0 bridgehead atoms. The van der Waals surface area contributed by atoms with Gasteiger partial charge in [0, 0.05) is 24.5 Å². The molecule has 1 rings (SSSR count). The lowest BCUT2D eigenvalue weighted by Gasteiger charge is -2.11. The van der Waals surface area contributed by atoms with Crippen molar-refractivity contribution in [2.75, 3.05) is 24.1 Å². The molecule has 4 heteroatoms. The summed E-state index contributed by atoms with van der Waals surface area (Å²) in [6, 6.07) is 5.26. The van der Waals surface area contributed by atoms with Gasteiger partial charge in [-0.3, -0.25) is 4.79 Å². The van der Waals surface area contributed by atoms with Crippen molar-refractivity contribution in [1.29, 1.82) is 0 Å². The topological polar surface area (TPSA) is 67.2 Å². The SMILES string of the molecule is CCNC(=O)c1ccc(N)cc1NCC=C(C)C. The summed E-state index contributed by atoms with van der Waals surface area (Å²) in [5.74, 6) is -0.0859. The molecule has 0 fully saturated rings. The number of nitrogens with one attached hydrogen (secondary N) is 2. The minimum Gasteiger partial charge on any atom is -0.399 e. The lowest BCUT2D eigenvalue weighted by atomic mass is 10.1. The van der Waals surface area contributed by atoms with E-state index in [2.05, 4.69) is 16.7 Å². The average molecular weight is 247 g/mol. The van der Waals surface area contributed by atoms with E-state index in [1.54, 1.807) is 18.2 Å². The van der Waals surface area contributed by atoms with E-state index in [9.17, 15) is 4.79 Å². The average Bonchev–Trinajstić information content (AvgIpc) is 2.29. The lowest BCUT2D eigenvalue weighted by molar-refractivity contribution is 0.0956. The fraction of sp³-hybridized carbons (Fsp3) is 0.357. The van der Waals surface area contributed by atoms with Crippen molar-refractivity contribution in [3.05, 3.63) is 35.4 Å². The minimum absolute atomic E-state index is 0.0859. The zero-order valence-corrected chi connectivity index (χ0v) is 11.2. The Labute approximate surface area is 108 Å². The second kappa shape index (κ2) is 6.69. The molecule has 1 aromatic carbocycles. The van der Waals surface area contributed by atoms with Gasteiger partial charge in [0.1, 0.15) is 0 Å². The van der Waals surface area contributed by atoms with Gasteiger partial charge in [-0.15, -0.1) is 0 Å². The number of amides is 1. The van der Waals surface area contributed by atoms with Gasteiger partial charge in [-0.05, 0) is 39.0 Å². The van der Waals surface area contributed by atoms with Crippen molar-refractivity contribution < 1.29 is 4.79 Å². The van der Waals surface area contributed by atoms with Crippen molar-refractivity contribution in [2.24, 2.45) is 0 Å². The molecule has 0 unspecified atom stereocenters. The Morgan fingerprint density at radius 1 is 1.39 bits per heavy atom. The Bertz CT molecular complexity index is 448. The van der Waals surface area contributed by atoms with Crippen molar-refractivity contribution in [1.82, 2.24) is 5.32 Å². The van der Waals surface area contributed by atoms with Gasteiger partial charge in [0.25, 0.3) is 5.91 Å². The maximum absolute atomic E-state index is 11.9. The van der Waals surface area contributed by atoms with Gasteiger partial charge in [0.15, 0.2) is 0 Å². The molecule has 0 saturated carbocycles. The summed E-state index contributed by atoms with van der Waals surface area (Å²) in [6.07, 6.45) is 2.06. The maximum atomic E-state index is 11.9. The Morgan fingerprint density at radius 3 is 2.72 bits per heavy atom. The highest BCUT2D eigenvalue weighted by Gasteiger charge is 2.10. The normalized spacial score (nSPS) is 9.72. The van der Waals surface area contributed by atoms with Gasteiger partial charge < -0.3 is 16.4 Å². The number of allylic oxidation sites excluding steroid dienone is 1. The molecule has 18 heavy (non-hydrogen) atoms. The van der Waals surface area contributed by atoms with E-state index in [0.717, 1.165) is 5.69 Å². The molecule has 1 amide bonds. The molecular formula is C14H21N3O. The smallest absolute Gasteiger partial charge is 0.253 e. The van der Waals surface area contributed by atoms with Crippen LogP contribution in [0.3, 0.4) is 0 Å². The first-order valence-corrected chi connectivity index (χ1v) is 6.09. The van der Waals surface area contributed by atoms with Crippen molar-refractivity contribution in [3.8, 4) is 0 Å². The molecule has 0 aliphatic rings. The highest BCUT2D eigenvalue weighted by Crippen LogP contribution is 2.19. The predicted molar refractivity (Wildman–Crippen MR) is 76.8 cm³/mol. The van der Waals surface area contributed by atoms with Crippen LogP contribution in [0.5, 0.6) is 0 Å². The quantitative estimate of drug-likeness (QED) is 0.553. The van der Waals surface area contributed by atoms with E-state index < -0.39 is 0 Å². The lowest BCUT2D eigenvalue weighted by Crippen LogP contribution is -2.24. The van der Waals surface area contributed by atoms with Gasteiger partial charge in [-0.1, -0.05) is 11.6 Å². The van der Waals surface area contributed by atoms with Crippen molar-refractivity contribution in [3.63, 3.8) is 0 Å². The molecular weight excluding hydrogens is 226 g/mol. The van der Waals surface area contributed by atoms with Crippen LogP contribution >= 0.6 is 0 Å². The molecule has 0 atom stereocenters. The van der Waals surface area contributed by atoms with Crippen LogP contribution in [0, 0.1) is 0 Å². The van der Waals surface area contributed by atoms with Gasteiger partial charge in [-0.25, -0.2) is 0 Å². The maximum Gasteiger partial charge on any atom is 0.253 e. The summed E-state index contributed by atoms with van der Waals surface area (Å²) in [7, 11) is 0. The third-order valence-electron chi connectivity index (χ3n) is 2.43. The molecule has 0 spiro atoms. The number of rotatable bonds is 5. The molecule has 0 aliphatic heterocycles. The number of hydrogen-bond donors (Lipinski definition) is 3. The van der Waals surface area contributed by atoms with Crippen molar-refractivity contribution >= 4 is 17.3 Å². The number of anilines is 2. The van der Waals surface area contributed by atoms with Crippen LogP contribution < -0.4 is 16.4 Å². The highest BCUT2D eigenvalue weighted by molar-refractivity contribution is 6.00. The predicted octanol–water partition coefficient (Wildman–Crippen LogP) is 2.40. The second-order valence-electron chi connectivity index (χ2n) is 4.33. The summed E-state index contributed by atoms with van der Waals surface area (Å²) in [4.78, 5) is 11.9. The van der Waals surface area contributed by atoms with Crippen LogP contribution in [0.25, 0.3) is 0 Å². The molecule has 1 aromatic rings. The van der Waals surface area contributed by atoms with Crippen LogP contribution in [0.15, 0.2) is 29.8 Å². The summed E-state index contributed by atoms with van der Waals surface area (Å²) in [5, 5.41) is 5.99. The number of carbonyl (C=O) groups is 1. The van der Waals surface area contributed by atoms with E-state index >= 15 is 0 Å². The Morgan fingerprint density at radius 2 is 2.11 bits per heavy atom. The van der Waals surface area contributed by atoms with E-state index in [-0.39, 0.29) is 5.91 Å². The highest BCUT2D eigenvalue weighted by atomic mass is 16.1. The monoisotopic (exact) mass is 247 g/mol. The fourth-order valence-corrected chi connectivity index (χ4v) is 1.53. The third kappa shape index (κ3) is 4.13. The molecule has 0 heterocycles. The fourth-order valence-electron chi connectivity index (χ4n) is 1.53. The van der Waals surface area contributed by atoms with E-state index in [4.69, 9.17) is 5.73 Å². The summed E-state index contributed by atoms with van der Waals surface area (Å²) >= 11 is 0. The first-order chi connectivity index (χ1) is 8.54. The van der Waals surface area contributed by atoms with E-state index in [1.165, 1.54) is 5.57 Å². The molecule has 4 nitrogen and oxygen atoms in total. The number of carbonyl (C=O) groups excluding carboxylic acids is 1. The number of hydrogen-bond acceptors (Lipinski definition) is 3. The number of nitrogens with two attached hydrogens (primary N) is 1. The second-order valence-corrected chi connectivity index (χ2v) is 4.33. The zero-order valence-electron chi connectivity index (χ0n) is 11.2. The van der Waals surface area contributed by atoms with Crippen LogP contribution in [0.4, 0.5) is 11.4 Å². The largest absolute Gasteiger partial charge is 0.399 e. The van der Waals surface area contributed by atoms with Crippen LogP contribution in [0.1, 0.15) is 31.1 Å². The van der Waals surface area contributed by atoms with Crippen LogP contribution in [-0.2, 0) is 0 Å². The van der Waals surface area contributed by atoms with Gasteiger partial charge >= 0.3 is 0 Å². The molecule has 4 N–H and O–H groups in total. The molecule has 0 radical (unpaired) electrons. The Balaban J connectivity index is 2.89.